The Bertz CT molecular complexity index is 1370. The highest BCUT2D eigenvalue weighted by atomic mass is 32.2. The number of anilines is 2. The van der Waals surface area contributed by atoms with Gasteiger partial charge in [-0.15, -0.1) is 0 Å². The van der Waals surface area contributed by atoms with Gasteiger partial charge in [0.25, 0.3) is 5.91 Å². The van der Waals surface area contributed by atoms with E-state index in [1.165, 1.54) is 11.8 Å². The zero-order chi connectivity index (χ0) is 26.6. The summed E-state index contributed by atoms with van der Waals surface area (Å²) < 4.78 is 5.16. The summed E-state index contributed by atoms with van der Waals surface area (Å²) in [5.74, 6) is 0.137. The van der Waals surface area contributed by atoms with E-state index in [9.17, 15) is 9.59 Å². The normalized spacial score (nSPS) is 18.7. The van der Waals surface area contributed by atoms with Gasteiger partial charge in [0, 0.05) is 38.3 Å². The summed E-state index contributed by atoms with van der Waals surface area (Å²) in [5, 5.41) is 9.52. The average Bonchev–Trinajstić information content (AvgIpc) is 3.53. The summed E-state index contributed by atoms with van der Waals surface area (Å²) in [4.78, 5) is 31.9. The van der Waals surface area contributed by atoms with Gasteiger partial charge < -0.3 is 15.0 Å². The number of methoxy groups -OCH3 is 1. The first kappa shape index (κ1) is 25.5. The summed E-state index contributed by atoms with van der Waals surface area (Å²) >= 11 is 1.29. The molecule has 2 amide bonds. The Kier molecular flexibility index (Phi) is 7.46. The van der Waals surface area contributed by atoms with Crippen molar-refractivity contribution in [3.63, 3.8) is 0 Å². The number of nitrogens with one attached hydrogen (secondary N) is 1. The monoisotopic (exact) mass is 527 g/mol. The SMILES string of the molecule is COc1ccc(NC(=O)CC2SC(N3N=C(c4ccccc4)CC3c3ccc(N(C)C)cc3)=NC2=O)cc1. The van der Waals surface area contributed by atoms with Gasteiger partial charge in [-0.2, -0.15) is 10.1 Å². The van der Waals surface area contributed by atoms with E-state index in [1.807, 2.05) is 49.4 Å². The number of carbonyl (C=O) groups is 2. The van der Waals surface area contributed by atoms with E-state index >= 15 is 0 Å². The molecular weight excluding hydrogens is 498 g/mol. The summed E-state index contributed by atoms with van der Waals surface area (Å²) in [6.45, 7) is 0. The summed E-state index contributed by atoms with van der Waals surface area (Å²) in [6, 6.07) is 25.3. The van der Waals surface area contributed by atoms with E-state index in [1.54, 1.807) is 31.4 Å². The molecule has 8 nitrogen and oxygen atoms in total. The number of nitrogens with zero attached hydrogens (tertiary/aromatic N) is 4. The zero-order valence-corrected chi connectivity index (χ0v) is 22.3. The van der Waals surface area contributed by atoms with E-state index < -0.39 is 5.25 Å². The summed E-state index contributed by atoms with van der Waals surface area (Å²) in [5.41, 5.74) is 4.80. The number of aliphatic imine (C=N–C) groups is 1. The molecule has 0 aliphatic carbocycles. The number of ether oxygens (including phenoxy) is 1. The molecule has 194 valence electrons. The highest BCUT2D eigenvalue weighted by Crippen LogP contribution is 2.39. The van der Waals surface area contributed by atoms with Crippen LogP contribution in [0.4, 0.5) is 11.4 Å². The van der Waals surface area contributed by atoms with Crippen LogP contribution in [0, 0.1) is 0 Å². The largest absolute Gasteiger partial charge is 0.497 e. The van der Waals surface area contributed by atoms with Crippen LogP contribution in [0.25, 0.3) is 0 Å². The Morgan fingerprint density at radius 1 is 1.05 bits per heavy atom. The Hall–Kier alpha value is -4.11. The van der Waals surface area contributed by atoms with E-state index in [4.69, 9.17) is 9.84 Å². The minimum Gasteiger partial charge on any atom is -0.497 e. The molecule has 5 rings (SSSR count). The molecule has 0 spiro atoms. The van der Waals surface area contributed by atoms with Gasteiger partial charge in [-0.05, 0) is 47.5 Å². The molecule has 0 bridgehead atoms. The number of amides is 2. The number of hydrogen-bond acceptors (Lipinski definition) is 7. The van der Waals surface area contributed by atoms with Crippen LogP contribution in [-0.4, -0.2) is 54.2 Å². The number of hydrogen-bond donors (Lipinski definition) is 1. The minimum absolute atomic E-state index is 0.0217. The number of benzene rings is 3. The van der Waals surface area contributed by atoms with Crippen molar-refractivity contribution in [2.24, 2.45) is 10.1 Å². The Labute approximate surface area is 226 Å². The van der Waals surface area contributed by atoms with Crippen molar-refractivity contribution in [3.05, 3.63) is 90.0 Å². The quantitative estimate of drug-likeness (QED) is 0.469. The molecule has 2 heterocycles. The lowest BCUT2D eigenvalue weighted by atomic mass is 9.98. The zero-order valence-electron chi connectivity index (χ0n) is 21.5. The topological polar surface area (TPSA) is 86.6 Å². The molecule has 2 aliphatic heterocycles. The first-order valence-electron chi connectivity index (χ1n) is 12.3. The van der Waals surface area contributed by atoms with Gasteiger partial charge in [0.2, 0.25) is 5.91 Å². The van der Waals surface area contributed by atoms with Gasteiger partial charge >= 0.3 is 0 Å². The van der Waals surface area contributed by atoms with Crippen molar-refractivity contribution >= 4 is 45.8 Å². The van der Waals surface area contributed by atoms with Gasteiger partial charge in [-0.3, -0.25) is 9.59 Å². The third kappa shape index (κ3) is 5.57. The van der Waals surface area contributed by atoms with Crippen molar-refractivity contribution in [1.29, 1.82) is 0 Å². The summed E-state index contributed by atoms with van der Waals surface area (Å²) in [7, 11) is 5.60. The van der Waals surface area contributed by atoms with Crippen molar-refractivity contribution in [3.8, 4) is 5.75 Å². The smallest absolute Gasteiger partial charge is 0.262 e. The van der Waals surface area contributed by atoms with Gasteiger partial charge in [0.15, 0.2) is 5.17 Å². The highest BCUT2D eigenvalue weighted by Gasteiger charge is 2.39. The molecule has 0 fully saturated rings. The number of thioether (sulfide) groups is 1. The molecule has 3 aromatic carbocycles. The second kappa shape index (κ2) is 11.1. The molecule has 0 saturated carbocycles. The van der Waals surface area contributed by atoms with Crippen LogP contribution in [0.15, 0.2) is 89.0 Å². The average molecular weight is 528 g/mol. The molecule has 1 N–H and O–H groups in total. The number of hydrazone groups is 1. The number of amidine groups is 1. The first-order valence-corrected chi connectivity index (χ1v) is 13.2. The molecule has 2 atom stereocenters. The van der Waals surface area contributed by atoms with Crippen LogP contribution in [0.1, 0.15) is 30.0 Å². The molecule has 2 unspecified atom stereocenters. The fraction of sp³-hybridized carbons (Fsp3) is 0.241. The van der Waals surface area contributed by atoms with E-state index in [2.05, 4.69) is 39.5 Å². The maximum Gasteiger partial charge on any atom is 0.262 e. The molecule has 38 heavy (non-hydrogen) atoms. The highest BCUT2D eigenvalue weighted by molar-refractivity contribution is 8.15. The maximum absolute atomic E-state index is 12.8. The maximum atomic E-state index is 12.8. The lowest BCUT2D eigenvalue weighted by molar-refractivity contribution is -0.121. The molecule has 2 aliphatic rings. The van der Waals surface area contributed by atoms with E-state index in [0.717, 1.165) is 22.5 Å². The van der Waals surface area contributed by atoms with Crippen molar-refractivity contribution in [2.75, 3.05) is 31.4 Å². The molecule has 0 saturated heterocycles. The first-order chi connectivity index (χ1) is 18.4. The lowest BCUT2D eigenvalue weighted by Gasteiger charge is -2.24. The van der Waals surface area contributed by atoms with Gasteiger partial charge in [0.1, 0.15) is 11.0 Å². The fourth-order valence-corrected chi connectivity index (χ4v) is 5.47. The molecule has 0 aromatic heterocycles. The van der Waals surface area contributed by atoms with Gasteiger partial charge in [-0.25, -0.2) is 5.01 Å². The van der Waals surface area contributed by atoms with Crippen LogP contribution in [-0.2, 0) is 9.59 Å². The van der Waals surface area contributed by atoms with E-state index in [0.29, 0.717) is 23.0 Å². The Morgan fingerprint density at radius 3 is 2.42 bits per heavy atom. The third-order valence-corrected chi connectivity index (χ3v) is 7.62. The fourth-order valence-electron chi connectivity index (χ4n) is 4.41. The number of rotatable bonds is 7. The standard InChI is InChI=1S/C29H29N5O3S/c1-33(2)22-13-9-20(10-14-22)25-17-24(19-7-5-4-6-8-19)32-34(25)29-31-28(36)26(38-29)18-27(35)30-21-11-15-23(37-3)16-12-21/h4-16,25-26H,17-18H2,1-3H3,(H,30,35). The van der Waals surface area contributed by atoms with Crippen molar-refractivity contribution < 1.29 is 14.3 Å². The second-order valence-electron chi connectivity index (χ2n) is 9.28. The van der Waals surface area contributed by atoms with Gasteiger partial charge in [0.05, 0.1) is 18.9 Å². The van der Waals surface area contributed by atoms with Crippen LogP contribution in [0.5, 0.6) is 5.75 Å². The summed E-state index contributed by atoms with van der Waals surface area (Å²) in [6.07, 6.45) is 0.704. The number of carbonyl (C=O) groups excluding carboxylic acids is 2. The second-order valence-corrected chi connectivity index (χ2v) is 10.5. The minimum atomic E-state index is -0.601. The van der Waals surface area contributed by atoms with Crippen LogP contribution in [0.3, 0.4) is 0 Å². The van der Waals surface area contributed by atoms with Crippen LogP contribution >= 0.6 is 11.8 Å². The van der Waals surface area contributed by atoms with Crippen LogP contribution in [0.2, 0.25) is 0 Å². The Balaban J connectivity index is 1.33. The van der Waals surface area contributed by atoms with E-state index in [-0.39, 0.29) is 24.3 Å². The van der Waals surface area contributed by atoms with Gasteiger partial charge in [-0.1, -0.05) is 54.2 Å². The Morgan fingerprint density at radius 2 is 1.76 bits per heavy atom. The lowest BCUT2D eigenvalue weighted by Crippen LogP contribution is -2.25. The van der Waals surface area contributed by atoms with Crippen LogP contribution < -0.4 is 15.0 Å². The predicted molar refractivity (Wildman–Crippen MR) is 153 cm³/mol. The van der Waals surface area contributed by atoms with Crippen molar-refractivity contribution in [1.82, 2.24) is 5.01 Å². The molecule has 9 heteroatoms. The third-order valence-electron chi connectivity index (χ3n) is 6.48. The molecule has 3 aromatic rings. The van der Waals surface area contributed by atoms with Crippen molar-refractivity contribution in [2.45, 2.75) is 24.1 Å². The predicted octanol–water partition coefficient (Wildman–Crippen LogP) is 4.94. The molecule has 0 radical (unpaired) electrons. The molecular formula is C29H29N5O3S.